The van der Waals surface area contributed by atoms with Gasteiger partial charge in [0.25, 0.3) is 0 Å². The van der Waals surface area contributed by atoms with Gasteiger partial charge in [0.05, 0.1) is 40.0 Å². The molecule has 0 aliphatic heterocycles. The lowest BCUT2D eigenvalue weighted by Gasteiger charge is -2.19. The first-order valence-corrected chi connectivity index (χ1v) is 10.1. The van der Waals surface area contributed by atoms with E-state index in [2.05, 4.69) is 15.9 Å². The van der Waals surface area contributed by atoms with Crippen molar-refractivity contribution in [1.82, 2.24) is 4.57 Å². The smallest absolute Gasteiger partial charge is 0.0646 e. The first kappa shape index (κ1) is 8.38. The van der Waals surface area contributed by atoms with Crippen molar-refractivity contribution in [3.05, 3.63) is 125 Å². The molecule has 0 aliphatic carbocycles. The van der Waals surface area contributed by atoms with E-state index in [-0.39, 0.29) is 43.1 Å². The summed E-state index contributed by atoms with van der Waals surface area (Å²) in [6.07, 6.45) is 0. The second-order valence-corrected chi connectivity index (χ2v) is 7.47. The number of para-hydroxylation sites is 2. The highest BCUT2D eigenvalue weighted by atomic mass is 79.9. The molecule has 0 radical (unpaired) electrons. The number of hydrogen-bond donors (Lipinski definition) is 0. The van der Waals surface area contributed by atoms with Crippen LogP contribution in [0.3, 0.4) is 0 Å². The Kier molecular flexibility index (Phi) is 2.05. The molecule has 1 nitrogen and oxygen atoms in total. The summed E-state index contributed by atoms with van der Waals surface area (Å²) in [6, 6.07) is -7.06. The predicted octanol–water partition coefficient (Wildman–Crippen LogP) is 8.88. The third kappa shape index (κ3) is 3.07. The van der Waals surface area contributed by atoms with Crippen molar-refractivity contribution >= 4 is 37.7 Å². The molecular formula is C30H20BrN. The molecule has 2 heteroatoms. The molecule has 0 saturated carbocycles. The fraction of sp³-hybridized carbons (Fsp3) is 0. The summed E-state index contributed by atoms with van der Waals surface area (Å²) in [5.74, 6) is 0. The summed E-state index contributed by atoms with van der Waals surface area (Å²) >= 11 is 3.15. The van der Waals surface area contributed by atoms with Gasteiger partial charge in [0.15, 0.2) is 0 Å². The first-order chi connectivity index (χ1) is 22.9. The standard InChI is InChI=1S/C30H20BrN/c31-23-18-19-29-27(20-23)26-14-7-8-17-28(26)32(29)30-24(21-10-3-1-4-11-21)15-9-16-25(30)22-12-5-2-6-13-22/h1-20H/i1D,2D,3D,4D,5D,6D,7D,8D,10D,11D,12D,13D,14D,17D,18D,19D,20D. The number of hydrogen-bond acceptors (Lipinski definition) is 0. The Labute approximate surface area is 219 Å². The van der Waals surface area contributed by atoms with Crippen LogP contribution in [0.25, 0.3) is 49.7 Å². The average Bonchev–Trinajstić information content (AvgIpc) is 3.44. The zero-order valence-corrected chi connectivity index (χ0v) is 17.6. The van der Waals surface area contributed by atoms with Crippen LogP contribution >= 0.6 is 15.9 Å². The van der Waals surface area contributed by atoms with Gasteiger partial charge in [0.2, 0.25) is 0 Å². The molecule has 1 aromatic heterocycles. The molecule has 6 aromatic rings. The zero-order chi connectivity index (χ0) is 36.3. The maximum Gasteiger partial charge on any atom is 0.0646 e. The number of fused-ring (bicyclic) bond motifs is 3. The molecule has 0 saturated heterocycles. The van der Waals surface area contributed by atoms with Gasteiger partial charge in [-0.3, -0.25) is 0 Å². The summed E-state index contributed by atoms with van der Waals surface area (Å²) in [4.78, 5) is 0. The van der Waals surface area contributed by atoms with Crippen molar-refractivity contribution in [2.45, 2.75) is 0 Å². The van der Waals surface area contributed by atoms with Crippen LogP contribution < -0.4 is 0 Å². The molecular weight excluding hydrogens is 454 g/mol. The maximum absolute atomic E-state index is 9.05. The van der Waals surface area contributed by atoms with Gasteiger partial charge >= 0.3 is 0 Å². The Morgan fingerprint density at radius 1 is 0.594 bits per heavy atom. The molecule has 0 amide bonds. The van der Waals surface area contributed by atoms with Gasteiger partial charge in [-0.05, 0) is 35.3 Å². The molecule has 5 aromatic carbocycles. The molecule has 0 aliphatic rings. The van der Waals surface area contributed by atoms with E-state index in [1.54, 1.807) is 0 Å². The van der Waals surface area contributed by atoms with Crippen molar-refractivity contribution in [3.63, 3.8) is 0 Å². The predicted molar refractivity (Wildman–Crippen MR) is 139 cm³/mol. The number of nitrogens with zero attached hydrogens (tertiary/aromatic N) is 1. The molecule has 6 rings (SSSR count). The lowest BCUT2D eigenvalue weighted by Crippen LogP contribution is -2.00. The lowest BCUT2D eigenvalue weighted by atomic mass is 9.95. The second kappa shape index (κ2) is 7.81. The van der Waals surface area contributed by atoms with E-state index in [4.69, 9.17) is 23.3 Å². The molecule has 0 unspecified atom stereocenters. The van der Waals surface area contributed by atoms with Gasteiger partial charge in [0, 0.05) is 26.4 Å². The summed E-state index contributed by atoms with van der Waals surface area (Å²) in [5.41, 5.74) is -2.07. The first-order valence-electron chi connectivity index (χ1n) is 17.9. The summed E-state index contributed by atoms with van der Waals surface area (Å²) in [6.45, 7) is 0. The van der Waals surface area contributed by atoms with Crippen LogP contribution in [0.2, 0.25) is 0 Å². The van der Waals surface area contributed by atoms with Crippen molar-refractivity contribution in [2.75, 3.05) is 0 Å². The van der Waals surface area contributed by atoms with Crippen LogP contribution in [-0.4, -0.2) is 4.57 Å². The topological polar surface area (TPSA) is 4.93 Å². The Hall–Kier alpha value is -3.62. The van der Waals surface area contributed by atoms with E-state index < -0.39 is 114 Å². The highest BCUT2D eigenvalue weighted by molar-refractivity contribution is 9.10. The molecule has 0 spiro atoms. The van der Waals surface area contributed by atoms with Crippen molar-refractivity contribution in [2.24, 2.45) is 0 Å². The number of benzene rings is 5. The van der Waals surface area contributed by atoms with E-state index in [9.17, 15) is 0 Å². The van der Waals surface area contributed by atoms with Crippen LogP contribution in [0, 0.1) is 0 Å². The Morgan fingerprint density at radius 2 is 1.16 bits per heavy atom. The molecule has 1 heterocycles. The number of halogens is 1. The van der Waals surface area contributed by atoms with Gasteiger partial charge in [-0.1, -0.05) is 113 Å². The van der Waals surface area contributed by atoms with Crippen LogP contribution in [0.4, 0.5) is 0 Å². The molecule has 0 fully saturated rings. The number of rotatable bonds is 3. The van der Waals surface area contributed by atoms with Gasteiger partial charge in [-0.15, -0.1) is 0 Å². The summed E-state index contributed by atoms with van der Waals surface area (Å²) in [7, 11) is 0. The third-order valence-corrected chi connectivity index (χ3v) is 5.32. The Bertz CT molecular complexity index is 2260. The van der Waals surface area contributed by atoms with E-state index >= 15 is 0 Å². The molecule has 152 valence electrons. The van der Waals surface area contributed by atoms with E-state index in [0.717, 1.165) is 4.57 Å². The summed E-state index contributed by atoms with van der Waals surface area (Å²) in [5, 5.41) is -0.416. The number of aromatic nitrogens is 1. The van der Waals surface area contributed by atoms with E-state index in [1.165, 1.54) is 18.2 Å². The Balaban J connectivity index is 2.04. The second-order valence-electron chi connectivity index (χ2n) is 6.67. The van der Waals surface area contributed by atoms with Crippen molar-refractivity contribution in [1.29, 1.82) is 0 Å². The maximum atomic E-state index is 9.05. The fourth-order valence-electron chi connectivity index (χ4n) is 3.67. The van der Waals surface area contributed by atoms with Crippen LogP contribution in [0.5, 0.6) is 0 Å². The third-order valence-electron chi connectivity index (χ3n) is 4.93. The van der Waals surface area contributed by atoms with Crippen LogP contribution in [0.1, 0.15) is 23.3 Å². The van der Waals surface area contributed by atoms with Gasteiger partial charge in [0.1, 0.15) is 0 Å². The largest absolute Gasteiger partial charge is 0.308 e. The van der Waals surface area contributed by atoms with Crippen LogP contribution in [-0.2, 0) is 0 Å². The van der Waals surface area contributed by atoms with Gasteiger partial charge < -0.3 is 4.57 Å². The highest BCUT2D eigenvalue weighted by Crippen LogP contribution is 2.41. The molecule has 0 N–H and O–H groups in total. The highest BCUT2D eigenvalue weighted by Gasteiger charge is 2.19. The minimum Gasteiger partial charge on any atom is -0.308 e. The Morgan fingerprint density at radius 3 is 1.81 bits per heavy atom. The lowest BCUT2D eigenvalue weighted by molar-refractivity contribution is 1.18. The van der Waals surface area contributed by atoms with Crippen molar-refractivity contribution < 1.29 is 23.3 Å². The van der Waals surface area contributed by atoms with Crippen LogP contribution in [0.15, 0.2) is 125 Å². The molecule has 0 atom stereocenters. The monoisotopic (exact) mass is 490 g/mol. The zero-order valence-electron chi connectivity index (χ0n) is 33.1. The minimum absolute atomic E-state index is 0.152. The molecule has 0 bridgehead atoms. The quantitative estimate of drug-likeness (QED) is 0.233. The van der Waals surface area contributed by atoms with Gasteiger partial charge in [-0.2, -0.15) is 0 Å². The fourth-order valence-corrected chi connectivity index (χ4v) is 3.97. The summed E-state index contributed by atoms with van der Waals surface area (Å²) < 4.78 is 147. The normalized spacial score (nSPS) is 18.7. The van der Waals surface area contributed by atoms with Crippen molar-refractivity contribution in [3.8, 4) is 27.9 Å². The average molecular weight is 492 g/mol. The van der Waals surface area contributed by atoms with Gasteiger partial charge in [-0.25, -0.2) is 0 Å². The SMILES string of the molecule is [2H]c1c([2H])c([2H])c(-c2cccc(-c3c([2H])c([2H])c([2H])c([2H])c3[2H])c2-n2c3c([2H])c([2H])c([2H])c([2H])c3c3c([2H])c(Br)c([2H])c([2H])c32)c([2H])c1[2H]. The van der Waals surface area contributed by atoms with E-state index in [0.29, 0.717) is 0 Å². The van der Waals surface area contributed by atoms with E-state index in [1.807, 2.05) is 0 Å². The molecule has 32 heavy (non-hydrogen) atoms. The minimum atomic E-state index is -0.716.